The van der Waals surface area contributed by atoms with Gasteiger partial charge in [0.25, 0.3) is 0 Å². The van der Waals surface area contributed by atoms with E-state index in [-0.39, 0.29) is 12.5 Å². The number of fused-ring (bicyclic) bond motifs is 2. The minimum atomic E-state index is -0.571. The van der Waals surface area contributed by atoms with Gasteiger partial charge in [-0.1, -0.05) is 13.8 Å². The van der Waals surface area contributed by atoms with Gasteiger partial charge < -0.3 is 18.7 Å². The number of ether oxygens (including phenoxy) is 1. The van der Waals surface area contributed by atoms with Crippen LogP contribution in [0.25, 0.3) is 21.9 Å². The Labute approximate surface area is 120 Å². The molecule has 5 nitrogen and oxygen atoms in total. The standard InChI is InChI=1S/C16H16O5/c1-9(2)12(17)8-20-16-10-3-4-15(18)21-14(10)7-13-11(16)5-6-19-13/h3-7,9,12,17H,8H2,1-2H3. The normalized spacial score (nSPS) is 13.1. The first-order valence-electron chi connectivity index (χ1n) is 6.81. The fourth-order valence-electron chi connectivity index (χ4n) is 2.13. The second kappa shape index (κ2) is 5.26. The van der Waals surface area contributed by atoms with Crippen molar-refractivity contribution in [3.8, 4) is 5.75 Å². The molecule has 0 bridgehead atoms. The third-order valence-corrected chi connectivity index (χ3v) is 3.48. The second-order valence-electron chi connectivity index (χ2n) is 5.33. The highest BCUT2D eigenvalue weighted by molar-refractivity contribution is 6.01. The molecule has 1 N–H and O–H groups in total. The zero-order valence-corrected chi connectivity index (χ0v) is 11.8. The van der Waals surface area contributed by atoms with E-state index in [9.17, 15) is 9.90 Å². The average molecular weight is 288 g/mol. The third-order valence-electron chi connectivity index (χ3n) is 3.48. The molecule has 1 unspecified atom stereocenters. The van der Waals surface area contributed by atoms with Gasteiger partial charge in [-0.25, -0.2) is 4.79 Å². The number of benzene rings is 1. The summed E-state index contributed by atoms with van der Waals surface area (Å²) in [4.78, 5) is 11.3. The third kappa shape index (κ3) is 2.52. The number of hydrogen-bond donors (Lipinski definition) is 1. The molecule has 0 fully saturated rings. The van der Waals surface area contributed by atoms with E-state index in [1.54, 1.807) is 24.5 Å². The van der Waals surface area contributed by atoms with Gasteiger partial charge in [-0.15, -0.1) is 0 Å². The highest BCUT2D eigenvalue weighted by Crippen LogP contribution is 2.35. The molecule has 0 aliphatic rings. The van der Waals surface area contributed by atoms with Gasteiger partial charge in [0.2, 0.25) is 0 Å². The Morgan fingerprint density at radius 1 is 1.19 bits per heavy atom. The predicted octanol–water partition coefficient (Wildman–Crippen LogP) is 2.93. The minimum Gasteiger partial charge on any atom is -0.489 e. The van der Waals surface area contributed by atoms with Crippen molar-refractivity contribution >= 4 is 21.9 Å². The summed E-state index contributed by atoms with van der Waals surface area (Å²) in [6.07, 6.45) is 0.978. The highest BCUT2D eigenvalue weighted by Gasteiger charge is 2.16. The Morgan fingerprint density at radius 2 is 1.95 bits per heavy atom. The molecular formula is C16H16O5. The van der Waals surface area contributed by atoms with Crippen LogP contribution in [0.4, 0.5) is 0 Å². The molecule has 0 radical (unpaired) electrons. The molecule has 0 aliphatic carbocycles. The van der Waals surface area contributed by atoms with Crippen LogP contribution >= 0.6 is 0 Å². The molecular weight excluding hydrogens is 272 g/mol. The lowest BCUT2D eigenvalue weighted by molar-refractivity contribution is 0.0713. The molecule has 0 aliphatic heterocycles. The van der Waals surface area contributed by atoms with Gasteiger partial charge in [-0.2, -0.15) is 0 Å². The van der Waals surface area contributed by atoms with Crippen molar-refractivity contribution in [3.05, 3.63) is 40.9 Å². The molecule has 0 saturated heterocycles. The summed E-state index contributed by atoms with van der Waals surface area (Å²) in [5.74, 6) is 0.650. The van der Waals surface area contributed by atoms with Crippen molar-refractivity contribution < 1.29 is 18.7 Å². The van der Waals surface area contributed by atoms with Gasteiger partial charge in [-0.3, -0.25) is 0 Å². The summed E-state index contributed by atoms with van der Waals surface area (Å²) < 4.78 is 16.3. The quantitative estimate of drug-likeness (QED) is 0.747. The molecule has 1 atom stereocenters. The molecule has 3 rings (SSSR count). The van der Waals surface area contributed by atoms with Gasteiger partial charge in [0.1, 0.15) is 23.5 Å². The fraction of sp³-hybridized carbons (Fsp3) is 0.312. The smallest absolute Gasteiger partial charge is 0.336 e. The van der Waals surface area contributed by atoms with Crippen LogP contribution < -0.4 is 10.4 Å². The first-order chi connectivity index (χ1) is 10.1. The lowest BCUT2D eigenvalue weighted by Gasteiger charge is -2.16. The monoisotopic (exact) mass is 288 g/mol. The number of rotatable bonds is 4. The number of hydrogen-bond acceptors (Lipinski definition) is 5. The van der Waals surface area contributed by atoms with E-state index >= 15 is 0 Å². The van der Waals surface area contributed by atoms with Crippen LogP contribution in [-0.2, 0) is 0 Å². The number of aliphatic hydroxyl groups is 1. The van der Waals surface area contributed by atoms with Crippen LogP contribution in [0.2, 0.25) is 0 Å². The maximum atomic E-state index is 11.3. The van der Waals surface area contributed by atoms with Gasteiger partial charge in [-0.05, 0) is 18.1 Å². The topological polar surface area (TPSA) is 72.8 Å². The highest BCUT2D eigenvalue weighted by atomic mass is 16.5. The first kappa shape index (κ1) is 13.7. The Morgan fingerprint density at radius 3 is 2.71 bits per heavy atom. The molecule has 5 heteroatoms. The van der Waals surface area contributed by atoms with Crippen LogP contribution in [0.3, 0.4) is 0 Å². The molecule has 2 aromatic heterocycles. The van der Waals surface area contributed by atoms with E-state index < -0.39 is 11.7 Å². The summed E-state index contributed by atoms with van der Waals surface area (Å²) in [6, 6.07) is 6.46. The van der Waals surface area contributed by atoms with Crippen molar-refractivity contribution in [1.29, 1.82) is 0 Å². The molecule has 21 heavy (non-hydrogen) atoms. The van der Waals surface area contributed by atoms with Gasteiger partial charge >= 0.3 is 5.63 Å². The average Bonchev–Trinajstić information content (AvgIpc) is 2.90. The first-order valence-corrected chi connectivity index (χ1v) is 6.81. The van der Waals surface area contributed by atoms with Crippen molar-refractivity contribution in [1.82, 2.24) is 0 Å². The Hall–Kier alpha value is -2.27. The second-order valence-corrected chi connectivity index (χ2v) is 5.33. The Kier molecular flexibility index (Phi) is 3.43. The van der Waals surface area contributed by atoms with Crippen LogP contribution in [0.1, 0.15) is 13.8 Å². The van der Waals surface area contributed by atoms with Crippen LogP contribution in [-0.4, -0.2) is 17.8 Å². The Bertz CT molecular complexity index is 827. The zero-order chi connectivity index (χ0) is 15.0. The summed E-state index contributed by atoms with van der Waals surface area (Å²) in [6.45, 7) is 4.00. The number of aliphatic hydroxyl groups excluding tert-OH is 1. The van der Waals surface area contributed by atoms with Crippen LogP contribution in [0, 0.1) is 5.92 Å². The van der Waals surface area contributed by atoms with Crippen molar-refractivity contribution in [2.75, 3.05) is 6.61 Å². The van der Waals surface area contributed by atoms with Gasteiger partial charge in [0.05, 0.1) is 23.1 Å². The lowest BCUT2D eigenvalue weighted by atomic mass is 10.1. The summed E-state index contributed by atoms with van der Waals surface area (Å²) >= 11 is 0. The summed E-state index contributed by atoms with van der Waals surface area (Å²) in [7, 11) is 0. The molecule has 0 spiro atoms. The van der Waals surface area contributed by atoms with Gasteiger partial charge in [0, 0.05) is 12.1 Å². The van der Waals surface area contributed by atoms with Gasteiger partial charge in [0.15, 0.2) is 0 Å². The van der Waals surface area contributed by atoms with Crippen molar-refractivity contribution in [2.24, 2.45) is 5.92 Å². The fourth-order valence-corrected chi connectivity index (χ4v) is 2.13. The van der Waals surface area contributed by atoms with Crippen LogP contribution in [0.5, 0.6) is 5.75 Å². The maximum Gasteiger partial charge on any atom is 0.336 e. The zero-order valence-electron chi connectivity index (χ0n) is 11.8. The summed E-state index contributed by atoms with van der Waals surface area (Å²) in [5, 5.41) is 11.4. The maximum absolute atomic E-state index is 11.3. The van der Waals surface area contributed by atoms with Crippen LogP contribution in [0.15, 0.2) is 44.2 Å². The van der Waals surface area contributed by atoms with Crippen molar-refractivity contribution in [2.45, 2.75) is 20.0 Å². The lowest BCUT2D eigenvalue weighted by Crippen LogP contribution is -2.23. The molecule has 0 amide bonds. The van der Waals surface area contributed by atoms with Crippen molar-refractivity contribution in [3.63, 3.8) is 0 Å². The predicted molar refractivity (Wildman–Crippen MR) is 78.6 cm³/mol. The van der Waals surface area contributed by atoms with E-state index in [0.29, 0.717) is 22.3 Å². The van der Waals surface area contributed by atoms with E-state index in [4.69, 9.17) is 13.6 Å². The summed E-state index contributed by atoms with van der Waals surface area (Å²) in [5.41, 5.74) is 0.548. The molecule has 3 aromatic rings. The largest absolute Gasteiger partial charge is 0.489 e. The Balaban J connectivity index is 2.12. The van der Waals surface area contributed by atoms with E-state index in [1.807, 2.05) is 13.8 Å². The SMILES string of the molecule is CC(C)C(O)COc1c2ccoc2cc2oc(=O)ccc12. The van der Waals surface area contributed by atoms with E-state index in [1.165, 1.54) is 6.07 Å². The van der Waals surface area contributed by atoms with E-state index in [0.717, 1.165) is 5.39 Å². The molecule has 2 heterocycles. The molecule has 110 valence electrons. The molecule has 1 aromatic carbocycles. The van der Waals surface area contributed by atoms with E-state index in [2.05, 4.69) is 0 Å². The molecule has 0 saturated carbocycles. The minimum absolute atomic E-state index is 0.0951. The number of furan rings is 1.